The Morgan fingerprint density at radius 3 is 1.10 bits per heavy atom. The number of hydrogen-bond acceptors (Lipinski definition) is 1. The molecule has 0 atom stereocenters. The van der Waals surface area contributed by atoms with E-state index in [4.69, 9.17) is 9.46 Å². The Hall–Kier alpha value is -0.165. The van der Waals surface area contributed by atoms with Crippen molar-refractivity contribution in [1.29, 1.82) is 0 Å². The van der Waals surface area contributed by atoms with Gasteiger partial charge in [-0.2, -0.15) is 0 Å². The van der Waals surface area contributed by atoms with Crippen LogP contribution in [0.25, 0.3) is 0 Å². The summed E-state index contributed by atoms with van der Waals surface area (Å²) in [4.78, 5) is 6.74. The highest BCUT2D eigenvalue weighted by atomic mass is 31.2. The van der Waals surface area contributed by atoms with E-state index in [0.29, 0.717) is 0 Å². The van der Waals surface area contributed by atoms with Crippen molar-refractivity contribution in [2.75, 3.05) is 0 Å². The van der Waals surface area contributed by atoms with Crippen LogP contribution in [0, 0.1) is 0 Å². The van der Waals surface area contributed by atoms with Crippen LogP contribution in [0.2, 0.25) is 0 Å². The summed E-state index contributed by atoms with van der Waals surface area (Å²) < 4.78 is 67.7. The zero-order valence-electron chi connectivity index (χ0n) is 4.15. The molecule has 0 saturated heterocycles. The summed E-state index contributed by atoms with van der Waals surface area (Å²) in [7, 11) is -11.6. The van der Waals surface area contributed by atoms with Crippen molar-refractivity contribution in [3.8, 4) is 0 Å². The summed E-state index contributed by atoms with van der Waals surface area (Å²) in [6, 6.07) is 0. The molecule has 2 nitrogen and oxygen atoms in total. The Kier molecular flexibility index (Phi) is 4.84. The second-order valence-corrected chi connectivity index (χ2v) is 1.80. The Labute approximate surface area is 51.6 Å². The molecule has 0 unspecified atom stereocenters. The minimum atomic E-state index is -6.00. The molecule has 0 aromatic carbocycles. The minimum absolute atomic E-state index is 5.64. The summed E-state index contributed by atoms with van der Waals surface area (Å²) >= 11 is 0. The molecule has 0 fully saturated rings. The second-order valence-electron chi connectivity index (χ2n) is 0.930. The van der Waals surface area contributed by atoms with E-state index in [-0.39, 0.29) is 0 Å². The summed E-state index contributed by atoms with van der Waals surface area (Å²) in [5.74, 6) is 0. The average molecular weight is 189 g/mol. The largest absolute Gasteiger partial charge is 0.673 e. The lowest BCUT2D eigenvalue weighted by molar-refractivity contribution is 0.368. The van der Waals surface area contributed by atoms with E-state index in [9.17, 15) is 25.7 Å². The number of halogens is 6. The predicted molar refractivity (Wildman–Crippen MR) is 22.2 cm³/mol. The van der Waals surface area contributed by atoms with Crippen molar-refractivity contribution in [2.24, 2.45) is 0 Å². The Morgan fingerprint density at radius 1 is 1.10 bits per heavy atom. The third-order valence-electron chi connectivity index (χ3n) is 0. The van der Waals surface area contributed by atoms with E-state index in [1.807, 2.05) is 0 Å². The van der Waals surface area contributed by atoms with Gasteiger partial charge in [-0.15, -0.1) is 8.39 Å². The summed E-state index contributed by atoms with van der Waals surface area (Å²) in [5, 5.41) is 0. The van der Waals surface area contributed by atoms with Crippen molar-refractivity contribution in [3.63, 3.8) is 0 Å². The Bertz CT molecular complexity index is 108. The van der Waals surface area contributed by atoms with Gasteiger partial charge in [-0.1, -0.05) is 0 Å². The molecule has 0 amide bonds. The molecule has 64 valence electrons. The molecule has 0 spiro atoms. The van der Waals surface area contributed by atoms with Gasteiger partial charge in [0, 0.05) is 0 Å². The fraction of sp³-hybridized carbons (Fsp3) is 0. The molecule has 0 saturated carbocycles. The van der Waals surface area contributed by atoms with Crippen LogP contribution in [-0.2, 0) is 4.57 Å². The van der Waals surface area contributed by atoms with Crippen LogP contribution in [-0.4, -0.2) is 12.1 Å². The Morgan fingerprint density at radius 2 is 1.10 bits per heavy atom. The van der Waals surface area contributed by atoms with Gasteiger partial charge in [0.15, 0.2) is 0 Å². The van der Waals surface area contributed by atoms with Crippen LogP contribution in [0.4, 0.5) is 25.7 Å². The summed E-state index contributed by atoms with van der Waals surface area (Å²) in [6.07, 6.45) is 0. The standard InChI is InChI=1S/BF4.F2HO2P/c2-1(3,4)5;1-5(2,3)4/h;(H,3,4)/q-1;. The van der Waals surface area contributed by atoms with Gasteiger partial charge >= 0.3 is 15.2 Å². The molecule has 0 radical (unpaired) electrons. The molecular weight excluding hydrogens is 188 g/mol. The van der Waals surface area contributed by atoms with Crippen LogP contribution >= 0.6 is 7.99 Å². The molecule has 0 aromatic heterocycles. The SMILES string of the molecule is F[B-](F)(F)F.O=P(O)(F)F. The molecule has 0 heterocycles. The van der Waals surface area contributed by atoms with E-state index in [2.05, 4.69) is 0 Å². The quantitative estimate of drug-likeness (QED) is 0.360. The van der Waals surface area contributed by atoms with Crippen molar-refractivity contribution < 1.29 is 35.1 Å². The first-order valence-corrected chi connectivity index (χ1v) is 3.03. The van der Waals surface area contributed by atoms with Gasteiger partial charge in [-0.25, -0.2) is 4.57 Å². The maximum absolute atomic E-state index is 10.1. The minimum Gasteiger partial charge on any atom is -0.418 e. The van der Waals surface area contributed by atoms with E-state index >= 15 is 0 Å². The highest BCUT2D eigenvalue weighted by molar-refractivity contribution is 7.46. The van der Waals surface area contributed by atoms with Crippen LogP contribution in [0.15, 0.2) is 0 Å². The van der Waals surface area contributed by atoms with E-state index in [1.165, 1.54) is 0 Å². The van der Waals surface area contributed by atoms with Crippen LogP contribution in [0.5, 0.6) is 0 Å². The van der Waals surface area contributed by atoms with Crippen molar-refractivity contribution in [2.45, 2.75) is 0 Å². The highest BCUT2D eigenvalue weighted by Crippen LogP contribution is 2.43. The number of hydrogen-bond donors (Lipinski definition) is 1. The first-order chi connectivity index (χ1) is 4.00. The Balaban J connectivity index is 0. The topological polar surface area (TPSA) is 37.3 Å². The zero-order valence-corrected chi connectivity index (χ0v) is 5.04. The normalized spacial score (nSPS) is 11.9. The average Bonchev–Trinajstić information content (AvgIpc) is 1.12. The molecule has 0 aliphatic rings. The van der Waals surface area contributed by atoms with E-state index < -0.39 is 15.2 Å². The van der Waals surface area contributed by atoms with Gasteiger partial charge < -0.3 is 17.3 Å². The maximum Gasteiger partial charge on any atom is 0.673 e. The summed E-state index contributed by atoms with van der Waals surface area (Å²) in [6.45, 7) is 0. The first-order valence-electron chi connectivity index (χ1n) is 1.59. The lowest BCUT2D eigenvalue weighted by atomic mass is 10.3. The molecule has 10 heavy (non-hydrogen) atoms. The predicted octanol–water partition coefficient (Wildman–Crippen LogP) is 2.33. The first kappa shape index (κ1) is 12.5. The van der Waals surface area contributed by atoms with Crippen LogP contribution < -0.4 is 0 Å². The molecule has 0 aliphatic heterocycles. The zero-order chi connectivity index (χ0) is 9.00. The lowest BCUT2D eigenvalue weighted by Gasteiger charge is -1.94. The molecule has 1 N–H and O–H groups in total. The molecular formula is HBF6O2P-. The van der Waals surface area contributed by atoms with Crippen LogP contribution in [0.3, 0.4) is 0 Å². The highest BCUT2D eigenvalue weighted by Gasteiger charge is 2.20. The third kappa shape index (κ3) is 13400. The lowest BCUT2D eigenvalue weighted by Crippen LogP contribution is -2.02. The van der Waals surface area contributed by atoms with Crippen LogP contribution in [0.1, 0.15) is 0 Å². The second kappa shape index (κ2) is 3.87. The molecule has 0 bridgehead atoms. The van der Waals surface area contributed by atoms with Gasteiger partial charge in [0.25, 0.3) is 0 Å². The van der Waals surface area contributed by atoms with Gasteiger partial charge in [0.05, 0.1) is 0 Å². The van der Waals surface area contributed by atoms with Crippen molar-refractivity contribution in [1.82, 2.24) is 0 Å². The fourth-order valence-corrected chi connectivity index (χ4v) is 0. The number of rotatable bonds is 0. The van der Waals surface area contributed by atoms with E-state index in [1.54, 1.807) is 0 Å². The monoisotopic (exact) mass is 189 g/mol. The van der Waals surface area contributed by atoms with Gasteiger partial charge in [0.2, 0.25) is 0 Å². The van der Waals surface area contributed by atoms with Gasteiger partial charge in [-0.05, 0) is 0 Å². The fourth-order valence-electron chi connectivity index (χ4n) is 0. The molecule has 0 rings (SSSR count). The van der Waals surface area contributed by atoms with E-state index in [0.717, 1.165) is 0 Å². The van der Waals surface area contributed by atoms with Gasteiger partial charge in [-0.3, -0.25) is 4.89 Å². The molecule has 0 aliphatic carbocycles. The smallest absolute Gasteiger partial charge is 0.418 e. The third-order valence-corrected chi connectivity index (χ3v) is 0. The maximum atomic E-state index is 10.1. The van der Waals surface area contributed by atoms with Crippen molar-refractivity contribution >= 4 is 15.2 Å². The van der Waals surface area contributed by atoms with Crippen molar-refractivity contribution in [3.05, 3.63) is 0 Å². The molecule has 10 heteroatoms. The van der Waals surface area contributed by atoms with Gasteiger partial charge in [0.1, 0.15) is 0 Å². The molecule has 0 aromatic rings. The summed E-state index contributed by atoms with van der Waals surface area (Å²) in [5.41, 5.74) is 0.